The summed E-state index contributed by atoms with van der Waals surface area (Å²) in [6, 6.07) is 4.97. The van der Waals surface area contributed by atoms with Crippen LogP contribution in [0.15, 0.2) is 30.5 Å². The first-order valence-electron chi connectivity index (χ1n) is 8.92. The van der Waals surface area contributed by atoms with Crippen LogP contribution in [0.4, 0.5) is 29.2 Å². The Morgan fingerprint density at radius 2 is 2.10 bits per heavy atom. The van der Waals surface area contributed by atoms with Gasteiger partial charge in [0.15, 0.2) is 11.5 Å². The molecule has 0 fully saturated rings. The maximum absolute atomic E-state index is 13.3. The van der Waals surface area contributed by atoms with E-state index < -0.39 is 18.6 Å². The van der Waals surface area contributed by atoms with Gasteiger partial charge in [0.1, 0.15) is 12.4 Å². The first-order valence-corrected chi connectivity index (χ1v) is 9.29. The average molecular weight is 461 g/mol. The molecule has 1 aromatic carbocycles. The third-order valence-corrected chi connectivity index (χ3v) is 4.32. The van der Waals surface area contributed by atoms with Crippen LogP contribution in [0.5, 0.6) is 0 Å². The number of hydroxylamine groups is 1. The highest BCUT2D eigenvalue weighted by molar-refractivity contribution is 6.31. The van der Waals surface area contributed by atoms with E-state index in [-0.39, 0.29) is 46.9 Å². The van der Waals surface area contributed by atoms with Crippen LogP contribution in [-0.2, 0) is 4.74 Å². The number of imidazole rings is 1. The predicted octanol–water partition coefficient (Wildman–Crippen LogP) is 4.35. The number of pyridine rings is 1. The summed E-state index contributed by atoms with van der Waals surface area (Å²) in [6.45, 7) is -1.10. The van der Waals surface area contributed by atoms with Crippen molar-refractivity contribution >= 4 is 40.2 Å². The molecule has 0 saturated carbocycles. The second-order valence-electron chi connectivity index (χ2n) is 6.35. The fourth-order valence-corrected chi connectivity index (χ4v) is 2.80. The summed E-state index contributed by atoms with van der Waals surface area (Å²) in [4.78, 5) is 11.2. The van der Waals surface area contributed by atoms with Crippen molar-refractivity contribution in [2.75, 3.05) is 30.1 Å². The number of rotatable bonds is 8. The minimum Gasteiger partial charge on any atom is -0.372 e. The molecule has 0 unspecified atom stereocenters. The number of hydrogen-bond acceptors (Lipinski definition) is 6. The number of hydrogen-bond donors (Lipinski definition) is 4. The Labute approximate surface area is 178 Å². The van der Waals surface area contributed by atoms with Crippen molar-refractivity contribution in [3.8, 4) is 0 Å². The molecule has 4 N–H and O–H groups in total. The van der Waals surface area contributed by atoms with E-state index in [9.17, 15) is 22.8 Å². The number of nitrogens with one attached hydrogen (secondary N) is 3. The highest BCUT2D eigenvalue weighted by atomic mass is 35.5. The van der Waals surface area contributed by atoms with Gasteiger partial charge in [0, 0.05) is 24.9 Å². The van der Waals surface area contributed by atoms with E-state index in [1.807, 2.05) is 0 Å². The molecule has 0 aliphatic rings. The van der Waals surface area contributed by atoms with Crippen molar-refractivity contribution in [3.63, 3.8) is 0 Å². The summed E-state index contributed by atoms with van der Waals surface area (Å²) in [5.74, 6) is -0.719. The summed E-state index contributed by atoms with van der Waals surface area (Å²) in [7, 11) is 0. The summed E-state index contributed by atoms with van der Waals surface area (Å²) in [6.07, 6.45) is -2.66. The smallest absolute Gasteiger partial charge is 0.372 e. The molecule has 0 amide bonds. The van der Waals surface area contributed by atoms with Crippen molar-refractivity contribution in [2.45, 2.75) is 12.6 Å². The van der Waals surface area contributed by atoms with Gasteiger partial charge in [-0.1, -0.05) is 11.6 Å². The summed E-state index contributed by atoms with van der Waals surface area (Å²) in [5.41, 5.74) is 0.930. The Bertz CT molecular complexity index is 1070. The lowest BCUT2D eigenvalue weighted by Crippen LogP contribution is -2.27. The molecule has 3 rings (SSSR count). The van der Waals surface area contributed by atoms with E-state index in [1.165, 1.54) is 24.4 Å². The van der Waals surface area contributed by atoms with Gasteiger partial charge in [-0.25, -0.2) is 14.4 Å². The zero-order valence-electron chi connectivity index (χ0n) is 15.8. The molecule has 2 heterocycles. The first-order chi connectivity index (χ1) is 14.7. The first kappa shape index (κ1) is 22.7. The lowest BCUT2D eigenvalue weighted by Gasteiger charge is -2.18. The minimum absolute atomic E-state index is 0.0816. The molecule has 3 aromatic rings. The molecular weight excluding hydrogens is 444 g/mol. The van der Waals surface area contributed by atoms with E-state index in [0.717, 1.165) is 6.07 Å². The van der Waals surface area contributed by atoms with Crippen LogP contribution in [-0.4, -0.2) is 51.9 Å². The topological polar surface area (TPSA) is 110 Å². The maximum atomic E-state index is 13.3. The highest BCUT2D eigenvalue weighted by Gasteiger charge is 2.27. The number of benzene rings is 1. The van der Waals surface area contributed by atoms with Crippen LogP contribution in [0.2, 0.25) is 5.02 Å². The number of fused-ring (bicyclic) bond motifs is 1. The van der Waals surface area contributed by atoms with E-state index in [0.29, 0.717) is 17.0 Å². The molecule has 0 saturated heterocycles. The number of alkyl halides is 3. The Hall–Kier alpha value is -2.96. The third-order valence-electron chi connectivity index (χ3n) is 4.03. The van der Waals surface area contributed by atoms with Crippen LogP contribution in [0.3, 0.4) is 0 Å². The molecule has 0 atom stereocenters. The molecule has 31 heavy (non-hydrogen) atoms. The van der Waals surface area contributed by atoms with Gasteiger partial charge in [-0.05, 0) is 30.7 Å². The molecular formula is C18H17ClF4N6O2. The summed E-state index contributed by atoms with van der Waals surface area (Å²) >= 11 is 5.73. The second kappa shape index (κ2) is 9.45. The number of aromatic nitrogens is 3. The largest absolute Gasteiger partial charge is 0.411 e. The van der Waals surface area contributed by atoms with Crippen LogP contribution in [0.25, 0.3) is 11.2 Å². The SMILES string of the molecule is N=C(c1ccnc2nc(NCCCOCC(F)(F)F)[nH]c12)N(O)c1ccc(F)c(Cl)c1. The van der Waals surface area contributed by atoms with Gasteiger partial charge in [0.2, 0.25) is 5.95 Å². The van der Waals surface area contributed by atoms with Crippen molar-refractivity contribution in [1.82, 2.24) is 15.0 Å². The van der Waals surface area contributed by atoms with E-state index in [4.69, 9.17) is 17.0 Å². The number of H-pyrrole nitrogens is 1. The van der Waals surface area contributed by atoms with Crippen molar-refractivity contribution < 1.29 is 27.5 Å². The number of nitrogens with zero attached hydrogens (tertiary/aromatic N) is 3. The lowest BCUT2D eigenvalue weighted by molar-refractivity contribution is -0.173. The number of anilines is 2. The average Bonchev–Trinajstić information content (AvgIpc) is 3.13. The molecule has 0 bridgehead atoms. The van der Waals surface area contributed by atoms with Crippen LogP contribution >= 0.6 is 11.6 Å². The molecule has 0 aliphatic carbocycles. The van der Waals surface area contributed by atoms with E-state index in [2.05, 4.69) is 25.0 Å². The highest BCUT2D eigenvalue weighted by Crippen LogP contribution is 2.25. The molecule has 166 valence electrons. The van der Waals surface area contributed by atoms with E-state index >= 15 is 0 Å². The van der Waals surface area contributed by atoms with Gasteiger partial charge in [0.25, 0.3) is 0 Å². The fraction of sp³-hybridized carbons (Fsp3) is 0.278. The number of halogens is 5. The molecule has 0 aliphatic heterocycles. The Kier molecular flexibility index (Phi) is 6.93. The quantitative estimate of drug-likeness (QED) is 0.131. The monoisotopic (exact) mass is 460 g/mol. The molecule has 13 heteroatoms. The normalized spacial score (nSPS) is 11.7. The zero-order valence-corrected chi connectivity index (χ0v) is 16.6. The van der Waals surface area contributed by atoms with Gasteiger partial charge in [-0.2, -0.15) is 18.2 Å². The second-order valence-corrected chi connectivity index (χ2v) is 6.76. The molecule has 2 aromatic heterocycles. The molecule has 0 spiro atoms. The third kappa shape index (κ3) is 5.81. The molecule has 8 nitrogen and oxygen atoms in total. The van der Waals surface area contributed by atoms with E-state index in [1.54, 1.807) is 0 Å². The summed E-state index contributed by atoms with van der Waals surface area (Å²) in [5, 5.41) is 21.9. The number of amidine groups is 1. The van der Waals surface area contributed by atoms with Crippen molar-refractivity contribution in [3.05, 3.63) is 46.9 Å². The van der Waals surface area contributed by atoms with Gasteiger partial charge in [0.05, 0.1) is 16.2 Å². The fourth-order valence-electron chi connectivity index (χ4n) is 2.62. The maximum Gasteiger partial charge on any atom is 0.411 e. The minimum atomic E-state index is -4.36. The van der Waals surface area contributed by atoms with Crippen molar-refractivity contribution in [1.29, 1.82) is 5.41 Å². The van der Waals surface area contributed by atoms with Gasteiger partial charge in [-0.15, -0.1) is 0 Å². The van der Waals surface area contributed by atoms with Gasteiger partial charge >= 0.3 is 6.18 Å². The molecule has 0 radical (unpaired) electrons. The van der Waals surface area contributed by atoms with Gasteiger partial charge < -0.3 is 15.0 Å². The predicted molar refractivity (Wildman–Crippen MR) is 106 cm³/mol. The Balaban J connectivity index is 1.67. The number of ether oxygens (including phenoxy) is 1. The Morgan fingerprint density at radius 1 is 1.32 bits per heavy atom. The zero-order chi connectivity index (χ0) is 22.6. The number of aromatic amines is 1. The van der Waals surface area contributed by atoms with Gasteiger partial charge in [-0.3, -0.25) is 10.6 Å². The standard InChI is InChI=1S/C18H17ClF4N6O2/c19-12-8-10(2-3-13(12)20)29(30)15(24)11-4-6-25-16-14(11)27-17(28-16)26-5-1-7-31-9-18(21,22)23/h2-4,6,8,24,30H,1,5,7,9H2,(H2,25,26,27,28). The van der Waals surface area contributed by atoms with Crippen LogP contribution in [0, 0.1) is 11.2 Å². The summed E-state index contributed by atoms with van der Waals surface area (Å²) < 4.78 is 54.0. The lowest BCUT2D eigenvalue weighted by atomic mass is 10.2. The van der Waals surface area contributed by atoms with Crippen molar-refractivity contribution in [2.24, 2.45) is 0 Å². The van der Waals surface area contributed by atoms with Crippen LogP contribution in [0.1, 0.15) is 12.0 Å². The Morgan fingerprint density at radius 3 is 2.81 bits per heavy atom. The van der Waals surface area contributed by atoms with Crippen LogP contribution < -0.4 is 10.4 Å².